The molecule has 5 fully saturated rings. The molecule has 1 aromatic carbocycles. The number of Topliss-reactive ketones (excluding diaryl/α,β-unsaturated/α-hetero) is 2. The topological polar surface area (TPSA) is 107 Å². The van der Waals surface area contributed by atoms with Crippen LogP contribution in [0.15, 0.2) is 35.4 Å². The van der Waals surface area contributed by atoms with Gasteiger partial charge >= 0.3 is 0 Å². The standard InChI is InChI=1S/C40H56O6/c1-22(17-28(42)35-40(7,46-35)24-12-8-9-13-24)32-27-15-16-31-37(4)19-26(23-11-10-14-25(41)18-23)34(45)36(2,3)33(37)30(44)21-39(31,6)38(27,5)20-29(32)43/h10-11,14,18,22,24,26,28,30-31,33,35,41-42,44H,8-9,12-13,15-17,19-21H2,1-7H3/t22-,26+,28-,30+,31+,33+,35+,37-,38+,39+,40-/m1/s1. The number of carbonyl (C=O) groups excluding carboxylic acids is 2. The molecule has 1 heterocycles. The van der Waals surface area contributed by atoms with Gasteiger partial charge in [-0.05, 0) is 104 Å². The summed E-state index contributed by atoms with van der Waals surface area (Å²) in [6.07, 6.45) is 7.33. The number of phenols is 1. The lowest BCUT2D eigenvalue weighted by Crippen LogP contribution is -2.67. The Kier molecular flexibility index (Phi) is 7.42. The van der Waals surface area contributed by atoms with Crippen molar-refractivity contribution in [2.75, 3.05) is 0 Å². The molecular weight excluding hydrogens is 576 g/mol. The second-order valence-corrected chi connectivity index (χ2v) is 17.9. The number of hydrogen-bond acceptors (Lipinski definition) is 6. The van der Waals surface area contributed by atoms with Crippen LogP contribution in [0.3, 0.4) is 0 Å². The lowest BCUT2D eigenvalue weighted by atomic mass is 9.35. The van der Waals surface area contributed by atoms with E-state index < -0.39 is 23.0 Å². The molecule has 46 heavy (non-hydrogen) atoms. The van der Waals surface area contributed by atoms with Crippen LogP contribution >= 0.6 is 0 Å². The molecule has 7 rings (SSSR count). The molecule has 4 saturated carbocycles. The minimum absolute atomic E-state index is 0.0604. The summed E-state index contributed by atoms with van der Waals surface area (Å²) in [4.78, 5) is 28.2. The van der Waals surface area contributed by atoms with Gasteiger partial charge in [0.25, 0.3) is 0 Å². The van der Waals surface area contributed by atoms with E-state index in [1.165, 1.54) is 31.3 Å². The maximum absolute atomic E-state index is 14.1. The SMILES string of the molecule is C[C@H](C[C@@H](O)[C@@H]1O[C@]1(C)C1CCCC1)C1=C2CC[C@H]3[C@@]4(C)C[C@@H](c5cccc(O)c5)C(=O)C(C)(C)[C@@H]4[C@@H](O)C[C@]3(C)[C@@]2(C)CC1=O. The van der Waals surface area contributed by atoms with Crippen molar-refractivity contribution in [1.29, 1.82) is 0 Å². The predicted molar refractivity (Wildman–Crippen MR) is 177 cm³/mol. The molecule has 0 amide bonds. The van der Waals surface area contributed by atoms with Gasteiger partial charge in [0.1, 0.15) is 17.6 Å². The Balaban J connectivity index is 1.20. The van der Waals surface area contributed by atoms with Crippen molar-refractivity contribution in [2.45, 2.75) is 143 Å². The highest BCUT2D eigenvalue weighted by Crippen LogP contribution is 2.74. The van der Waals surface area contributed by atoms with E-state index in [1.54, 1.807) is 12.1 Å². The maximum atomic E-state index is 14.1. The highest BCUT2D eigenvalue weighted by atomic mass is 16.6. The molecule has 6 aliphatic rings. The van der Waals surface area contributed by atoms with E-state index in [1.807, 2.05) is 26.0 Å². The Hall–Kier alpha value is -2.02. The molecular formula is C40H56O6. The normalized spacial score (nSPS) is 44.8. The maximum Gasteiger partial charge on any atom is 0.159 e. The molecule has 0 bridgehead atoms. The van der Waals surface area contributed by atoms with Crippen LogP contribution in [-0.4, -0.2) is 50.8 Å². The Morgan fingerprint density at radius 2 is 1.70 bits per heavy atom. The number of aliphatic hydroxyl groups excluding tert-OH is 2. The zero-order valence-corrected chi connectivity index (χ0v) is 29.1. The Morgan fingerprint density at radius 1 is 1.00 bits per heavy atom. The van der Waals surface area contributed by atoms with Crippen LogP contribution in [-0.2, 0) is 14.3 Å². The molecule has 1 aromatic rings. The number of ketones is 2. The fourth-order valence-corrected chi connectivity index (χ4v) is 13.0. The van der Waals surface area contributed by atoms with E-state index in [0.717, 1.165) is 24.0 Å². The predicted octanol–water partition coefficient (Wildman–Crippen LogP) is 7.29. The third-order valence-corrected chi connectivity index (χ3v) is 15.2. The Labute approximate surface area is 275 Å². The summed E-state index contributed by atoms with van der Waals surface area (Å²) in [5.41, 5.74) is 0.980. The first-order valence-corrected chi connectivity index (χ1v) is 18.1. The van der Waals surface area contributed by atoms with Crippen molar-refractivity contribution in [3.05, 3.63) is 41.0 Å². The Bertz CT molecular complexity index is 1470. The van der Waals surface area contributed by atoms with Crippen LogP contribution in [0.4, 0.5) is 0 Å². The first-order valence-electron chi connectivity index (χ1n) is 18.1. The minimum atomic E-state index is -0.736. The first kappa shape index (κ1) is 32.5. The lowest BCUT2D eigenvalue weighted by molar-refractivity contribution is -0.219. The molecule has 1 aliphatic heterocycles. The molecule has 5 aliphatic carbocycles. The van der Waals surface area contributed by atoms with Crippen LogP contribution in [0.25, 0.3) is 0 Å². The van der Waals surface area contributed by atoms with Crippen molar-refractivity contribution in [1.82, 2.24) is 0 Å². The number of benzene rings is 1. The minimum Gasteiger partial charge on any atom is -0.508 e. The molecule has 0 unspecified atom stereocenters. The number of aromatic hydroxyl groups is 1. The van der Waals surface area contributed by atoms with Crippen molar-refractivity contribution in [3.8, 4) is 5.75 Å². The number of carbonyl (C=O) groups is 2. The molecule has 6 heteroatoms. The number of hydrogen-bond donors (Lipinski definition) is 3. The molecule has 3 N–H and O–H groups in total. The highest BCUT2D eigenvalue weighted by Gasteiger charge is 2.71. The Morgan fingerprint density at radius 3 is 2.37 bits per heavy atom. The zero-order valence-electron chi connectivity index (χ0n) is 29.1. The average molecular weight is 633 g/mol. The van der Waals surface area contributed by atoms with Gasteiger partial charge in [-0.3, -0.25) is 9.59 Å². The number of fused-ring (bicyclic) bond motifs is 5. The van der Waals surface area contributed by atoms with Gasteiger partial charge in [-0.25, -0.2) is 0 Å². The number of ether oxygens (including phenoxy) is 1. The van der Waals surface area contributed by atoms with Crippen molar-refractivity contribution >= 4 is 11.6 Å². The van der Waals surface area contributed by atoms with Crippen molar-refractivity contribution in [2.24, 2.45) is 45.3 Å². The van der Waals surface area contributed by atoms with Crippen molar-refractivity contribution < 1.29 is 29.6 Å². The van der Waals surface area contributed by atoms with Crippen LogP contribution in [0.1, 0.15) is 124 Å². The van der Waals surface area contributed by atoms with Gasteiger partial charge in [0.05, 0.1) is 17.8 Å². The quantitative estimate of drug-likeness (QED) is 0.285. The number of rotatable bonds is 6. The first-order chi connectivity index (χ1) is 21.5. The van der Waals surface area contributed by atoms with Crippen LogP contribution in [0.5, 0.6) is 5.75 Å². The van der Waals surface area contributed by atoms with Crippen LogP contribution in [0, 0.1) is 45.3 Å². The van der Waals surface area contributed by atoms with Gasteiger partial charge in [0.15, 0.2) is 5.78 Å². The molecule has 252 valence electrons. The van der Waals surface area contributed by atoms with Gasteiger partial charge in [0.2, 0.25) is 0 Å². The summed E-state index contributed by atoms with van der Waals surface area (Å²) in [7, 11) is 0. The molecule has 0 aromatic heterocycles. The molecule has 0 radical (unpaired) electrons. The van der Waals surface area contributed by atoms with Crippen LogP contribution < -0.4 is 0 Å². The van der Waals surface area contributed by atoms with E-state index in [0.29, 0.717) is 31.6 Å². The number of aliphatic hydroxyl groups is 2. The van der Waals surface area contributed by atoms with E-state index in [2.05, 4.69) is 34.6 Å². The number of epoxide rings is 1. The molecule has 1 saturated heterocycles. The lowest BCUT2D eigenvalue weighted by Gasteiger charge is -2.69. The summed E-state index contributed by atoms with van der Waals surface area (Å²) in [5, 5.41) is 33.8. The van der Waals surface area contributed by atoms with Crippen LogP contribution in [0.2, 0.25) is 0 Å². The van der Waals surface area contributed by atoms with E-state index in [-0.39, 0.29) is 63.5 Å². The number of allylic oxidation sites excluding steroid dienone is 2. The molecule has 0 spiro atoms. The average Bonchev–Trinajstić information content (AvgIpc) is 3.27. The summed E-state index contributed by atoms with van der Waals surface area (Å²) < 4.78 is 6.18. The monoisotopic (exact) mass is 632 g/mol. The van der Waals surface area contributed by atoms with E-state index in [9.17, 15) is 24.9 Å². The fourth-order valence-electron chi connectivity index (χ4n) is 13.0. The zero-order chi connectivity index (χ0) is 33.2. The largest absolute Gasteiger partial charge is 0.508 e. The van der Waals surface area contributed by atoms with Gasteiger partial charge < -0.3 is 20.1 Å². The van der Waals surface area contributed by atoms with Gasteiger partial charge in [-0.2, -0.15) is 0 Å². The second kappa shape index (κ2) is 10.5. The summed E-state index contributed by atoms with van der Waals surface area (Å²) in [5.74, 6) is 0.635. The van der Waals surface area contributed by atoms with E-state index >= 15 is 0 Å². The third kappa shape index (κ3) is 4.37. The van der Waals surface area contributed by atoms with Crippen molar-refractivity contribution in [3.63, 3.8) is 0 Å². The number of phenolic OH excluding ortho intramolecular Hbond substituents is 1. The summed E-state index contributed by atoms with van der Waals surface area (Å²) in [6, 6.07) is 7.13. The smallest absolute Gasteiger partial charge is 0.159 e. The third-order valence-electron chi connectivity index (χ3n) is 15.2. The van der Waals surface area contributed by atoms with Gasteiger partial charge in [0, 0.05) is 29.1 Å². The van der Waals surface area contributed by atoms with E-state index in [4.69, 9.17) is 4.74 Å². The molecule has 6 nitrogen and oxygen atoms in total. The summed E-state index contributed by atoms with van der Waals surface area (Å²) >= 11 is 0. The second-order valence-electron chi connectivity index (χ2n) is 17.9. The highest BCUT2D eigenvalue weighted by molar-refractivity contribution is 6.00. The summed E-state index contributed by atoms with van der Waals surface area (Å²) in [6.45, 7) is 15.2. The van der Waals surface area contributed by atoms with Gasteiger partial charge in [-0.15, -0.1) is 0 Å². The molecule has 11 atom stereocenters. The fraction of sp³-hybridized carbons (Fsp3) is 0.750. The van der Waals surface area contributed by atoms with Gasteiger partial charge in [-0.1, -0.05) is 72.1 Å².